The standard InChI is InChI=1S/C19H14FN3O/c20-17-10-14(13-5-8-21-9-6-13)3-4-15(17)11-23-12-18-16(19(23)24)2-1-7-22-18/h1-10H,11-12H2. The summed E-state index contributed by atoms with van der Waals surface area (Å²) in [5.41, 5.74) is 3.54. The number of carbonyl (C=O) groups is 1. The molecule has 0 bridgehead atoms. The third-order valence-electron chi connectivity index (χ3n) is 4.18. The summed E-state index contributed by atoms with van der Waals surface area (Å²) < 4.78 is 14.5. The van der Waals surface area contributed by atoms with Gasteiger partial charge in [-0.05, 0) is 41.5 Å². The quantitative estimate of drug-likeness (QED) is 0.743. The van der Waals surface area contributed by atoms with Crippen molar-refractivity contribution in [1.29, 1.82) is 0 Å². The zero-order chi connectivity index (χ0) is 16.5. The average Bonchev–Trinajstić information content (AvgIpc) is 2.94. The first-order valence-corrected chi connectivity index (χ1v) is 7.64. The fourth-order valence-electron chi connectivity index (χ4n) is 2.91. The molecule has 0 spiro atoms. The molecule has 0 saturated heterocycles. The zero-order valence-electron chi connectivity index (χ0n) is 12.8. The van der Waals surface area contributed by atoms with Crippen LogP contribution in [0.5, 0.6) is 0 Å². The van der Waals surface area contributed by atoms with Gasteiger partial charge in [0, 0.05) is 30.7 Å². The number of aromatic nitrogens is 2. The van der Waals surface area contributed by atoms with Crippen LogP contribution in [0.3, 0.4) is 0 Å². The lowest BCUT2D eigenvalue weighted by molar-refractivity contribution is 0.0765. The third kappa shape index (κ3) is 2.54. The smallest absolute Gasteiger partial charge is 0.256 e. The number of pyridine rings is 2. The molecule has 3 heterocycles. The van der Waals surface area contributed by atoms with E-state index in [1.807, 2.05) is 18.2 Å². The molecule has 0 atom stereocenters. The maximum absolute atomic E-state index is 14.5. The molecule has 0 saturated carbocycles. The van der Waals surface area contributed by atoms with Gasteiger partial charge in [-0.15, -0.1) is 0 Å². The van der Waals surface area contributed by atoms with Crippen molar-refractivity contribution < 1.29 is 9.18 Å². The average molecular weight is 319 g/mol. The zero-order valence-corrected chi connectivity index (χ0v) is 12.8. The Balaban J connectivity index is 1.57. The van der Waals surface area contributed by atoms with Crippen LogP contribution in [0.25, 0.3) is 11.1 Å². The van der Waals surface area contributed by atoms with Crippen LogP contribution < -0.4 is 0 Å². The van der Waals surface area contributed by atoms with Crippen LogP contribution in [-0.2, 0) is 13.1 Å². The van der Waals surface area contributed by atoms with Crippen molar-refractivity contribution >= 4 is 5.91 Å². The summed E-state index contributed by atoms with van der Waals surface area (Å²) in [6, 6.07) is 12.3. The molecule has 2 aromatic heterocycles. The molecule has 5 heteroatoms. The first kappa shape index (κ1) is 14.5. The first-order chi connectivity index (χ1) is 11.7. The van der Waals surface area contributed by atoms with E-state index in [0.717, 1.165) is 16.8 Å². The maximum atomic E-state index is 14.5. The van der Waals surface area contributed by atoms with Crippen molar-refractivity contribution in [2.75, 3.05) is 0 Å². The molecule has 4 nitrogen and oxygen atoms in total. The second kappa shape index (κ2) is 5.85. The summed E-state index contributed by atoms with van der Waals surface area (Å²) >= 11 is 0. The van der Waals surface area contributed by atoms with Crippen molar-refractivity contribution in [1.82, 2.24) is 14.9 Å². The first-order valence-electron chi connectivity index (χ1n) is 7.64. The van der Waals surface area contributed by atoms with E-state index >= 15 is 0 Å². The van der Waals surface area contributed by atoms with Gasteiger partial charge in [0.1, 0.15) is 5.82 Å². The van der Waals surface area contributed by atoms with Gasteiger partial charge in [0.2, 0.25) is 0 Å². The molecule has 1 aliphatic rings. The summed E-state index contributed by atoms with van der Waals surface area (Å²) in [5, 5.41) is 0. The molecule has 0 radical (unpaired) electrons. The van der Waals surface area contributed by atoms with E-state index in [9.17, 15) is 9.18 Å². The molecule has 1 amide bonds. The van der Waals surface area contributed by atoms with Crippen LogP contribution in [0.4, 0.5) is 4.39 Å². The molecule has 0 unspecified atom stereocenters. The Bertz CT molecular complexity index is 911. The minimum absolute atomic E-state index is 0.101. The SMILES string of the molecule is O=C1c2cccnc2CN1Cc1ccc(-c2ccncc2)cc1F. The Kier molecular flexibility index (Phi) is 3.54. The van der Waals surface area contributed by atoms with Crippen molar-refractivity contribution in [3.63, 3.8) is 0 Å². The molecule has 24 heavy (non-hydrogen) atoms. The van der Waals surface area contributed by atoms with Crippen molar-refractivity contribution in [3.05, 3.63) is 83.7 Å². The second-order valence-corrected chi connectivity index (χ2v) is 5.70. The summed E-state index contributed by atoms with van der Waals surface area (Å²) in [4.78, 5) is 22.1. The van der Waals surface area contributed by atoms with E-state index in [2.05, 4.69) is 9.97 Å². The number of fused-ring (bicyclic) bond motifs is 1. The normalized spacial score (nSPS) is 13.2. The highest BCUT2D eigenvalue weighted by molar-refractivity contribution is 5.97. The third-order valence-corrected chi connectivity index (χ3v) is 4.18. The van der Waals surface area contributed by atoms with Crippen LogP contribution in [0.15, 0.2) is 61.1 Å². The van der Waals surface area contributed by atoms with Crippen molar-refractivity contribution in [2.24, 2.45) is 0 Å². The molecule has 0 aliphatic carbocycles. The number of amides is 1. The number of hydrogen-bond acceptors (Lipinski definition) is 3. The van der Waals surface area contributed by atoms with E-state index in [1.54, 1.807) is 41.7 Å². The Morgan fingerprint density at radius 3 is 2.62 bits per heavy atom. The highest BCUT2D eigenvalue weighted by atomic mass is 19.1. The molecule has 0 fully saturated rings. The van der Waals surface area contributed by atoms with Gasteiger partial charge in [-0.2, -0.15) is 0 Å². The molecular formula is C19H14FN3O. The van der Waals surface area contributed by atoms with E-state index in [4.69, 9.17) is 0 Å². The van der Waals surface area contributed by atoms with Gasteiger partial charge in [0.25, 0.3) is 5.91 Å². The predicted octanol–water partition coefficient (Wildman–Crippen LogP) is 3.44. The number of benzene rings is 1. The largest absolute Gasteiger partial charge is 0.328 e. The van der Waals surface area contributed by atoms with E-state index in [1.165, 1.54) is 6.07 Å². The van der Waals surface area contributed by atoms with E-state index in [-0.39, 0.29) is 18.3 Å². The van der Waals surface area contributed by atoms with Crippen LogP contribution >= 0.6 is 0 Å². The summed E-state index contributed by atoms with van der Waals surface area (Å²) in [5.74, 6) is -0.420. The molecule has 0 N–H and O–H groups in total. The molecule has 1 aromatic carbocycles. The molecule has 118 valence electrons. The number of hydrogen-bond donors (Lipinski definition) is 0. The van der Waals surface area contributed by atoms with Gasteiger partial charge in [0.15, 0.2) is 0 Å². The van der Waals surface area contributed by atoms with Gasteiger partial charge in [-0.3, -0.25) is 14.8 Å². The minimum Gasteiger partial charge on any atom is -0.328 e. The fraction of sp³-hybridized carbons (Fsp3) is 0.105. The highest BCUT2D eigenvalue weighted by Gasteiger charge is 2.28. The van der Waals surface area contributed by atoms with Crippen LogP contribution in [0, 0.1) is 5.82 Å². The van der Waals surface area contributed by atoms with Crippen LogP contribution in [0.2, 0.25) is 0 Å². The summed E-state index contributed by atoms with van der Waals surface area (Å²) in [6.07, 6.45) is 5.02. The van der Waals surface area contributed by atoms with Gasteiger partial charge in [-0.25, -0.2) is 4.39 Å². The van der Waals surface area contributed by atoms with Gasteiger partial charge < -0.3 is 4.90 Å². The van der Waals surface area contributed by atoms with Crippen molar-refractivity contribution in [3.8, 4) is 11.1 Å². The van der Waals surface area contributed by atoms with Crippen molar-refractivity contribution in [2.45, 2.75) is 13.1 Å². The van der Waals surface area contributed by atoms with Gasteiger partial charge in [-0.1, -0.05) is 12.1 Å². The number of rotatable bonds is 3. The Morgan fingerprint density at radius 2 is 1.88 bits per heavy atom. The Morgan fingerprint density at radius 1 is 1.04 bits per heavy atom. The monoisotopic (exact) mass is 319 g/mol. The van der Waals surface area contributed by atoms with Crippen LogP contribution in [-0.4, -0.2) is 20.8 Å². The van der Waals surface area contributed by atoms with Crippen LogP contribution in [0.1, 0.15) is 21.6 Å². The Labute approximate surface area is 138 Å². The summed E-state index contributed by atoms with van der Waals surface area (Å²) in [6.45, 7) is 0.651. The number of nitrogens with zero attached hydrogens (tertiary/aromatic N) is 3. The van der Waals surface area contributed by atoms with E-state index in [0.29, 0.717) is 17.7 Å². The lowest BCUT2D eigenvalue weighted by Gasteiger charge is -2.16. The van der Waals surface area contributed by atoms with E-state index < -0.39 is 0 Å². The molecular weight excluding hydrogens is 305 g/mol. The second-order valence-electron chi connectivity index (χ2n) is 5.70. The molecule has 3 aromatic rings. The summed E-state index contributed by atoms with van der Waals surface area (Å²) in [7, 11) is 0. The fourth-order valence-corrected chi connectivity index (χ4v) is 2.91. The molecule has 4 rings (SSSR count). The predicted molar refractivity (Wildman–Crippen MR) is 87.4 cm³/mol. The lowest BCUT2D eigenvalue weighted by atomic mass is 10.0. The Hall–Kier alpha value is -3.08. The van der Waals surface area contributed by atoms with Gasteiger partial charge in [0.05, 0.1) is 17.8 Å². The highest BCUT2D eigenvalue weighted by Crippen LogP contribution is 2.25. The number of carbonyl (C=O) groups excluding carboxylic acids is 1. The minimum atomic E-state index is -0.318. The maximum Gasteiger partial charge on any atom is 0.256 e. The molecule has 1 aliphatic heterocycles. The number of halogens is 1. The topological polar surface area (TPSA) is 46.1 Å². The lowest BCUT2D eigenvalue weighted by Crippen LogP contribution is -2.23. The van der Waals surface area contributed by atoms with Gasteiger partial charge >= 0.3 is 0 Å².